The van der Waals surface area contributed by atoms with Gasteiger partial charge >= 0.3 is 0 Å². The number of nitrogens with zero attached hydrogens (tertiary/aromatic N) is 2. The number of fused-ring (bicyclic) bond motifs is 1. The van der Waals surface area contributed by atoms with Crippen LogP contribution < -0.4 is 5.32 Å². The SMILES string of the molecule is C1CCc2c(nc(C3CCCC3)nc2NC2CCCC2)C1. The van der Waals surface area contributed by atoms with Gasteiger partial charge in [-0.05, 0) is 51.4 Å². The number of nitrogens with one attached hydrogen (secondary N) is 1. The van der Waals surface area contributed by atoms with Gasteiger partial charge in [0.05, 0.1) is 0 Å². The van der Waals surface area contributed by atoms with Crippen LogP contribution in [0.1, 0.15) is 87.2 Å². The van der Waals surface area contributed by atoms with Crippen molar-refractivity contribution < 1.29 is 0 Å². The van der Waals surface area contributed by atoms with E-state index in [1.165, 1.54) is 87.7 Å². The molecule has 0 saturated heterocycles. The summed E-state index contributed by atoms with van der Waals surface area (Å²) in [5.41, 5.74) is 2.80. The molecule has 1 heterocycles. The smallest absolute Gasteiger partial charge is 0.134 e. The second-order valence-corrected chi connectivity index (χ2v) is 7.17. The maximum Gasteiger partial charge on any atom is 0.134 e. The van der Waals surface area contributed by atoms with E-state index in [9.17, 15) is 0 Å². The van der Waals surface area contributed by atoms with Gasteiger partial charge in [0.25, 0.3) is 0 Å². The van der Waals surface area contributed by atoms with E-state index in [0.29, 0.717) is 12.0 Å². The Morgan fingerprint density at radius 1 is 0.762 bits per heavy atom. The molecular weight excluding hydrogens is 258 g/mol. The van der Waals surface area contributed by atoms with E-state index in [2.05, 4.69) is 5.32 Å². The van der Waals surface area contributed by atoms with Gasteiger partial charge in [0.2, 0.25) is 0 Å². The van der Waals surface area contributed by atoms with Gasteiger partial charge in [-0.1, -0.05) is 25.7 Å². The third kappa shape index (κ3) is 2.79. The van der Waals surface area contributed by atoms with Crippen LogP contribution in [-0.2, 0) is 12.8 Å². The topological polar surface area (TPSA) is 37.8 Å². The van der Waals surface area contributed by atoms with Crippen LogP contribution in [-0.4, -0.2) is 16.0 Å². The largest absolute Gasteiger partial charge is 0.367 e. The van der Waals surface area contributed by atoms with E-state index in [4.69, 9.17) is 9.97 Å². The van der Waals surface area contributed by atoms with Gasteiger partial charge in [-0.2, -0.15) is 0 Å². The number of hydrogen-bond donors (Lipinski definition) is 1. The summed E-state index contributed by atoms with van der Waals surface area (Å²) >= 11 is 0. The minimum absolute atomic E-state index is 0.626. The number of aromatic nitrogens is 2. The van der Waals surface area contributed by atoms with Crippen LogP contribution >= 0.6 is 0 Å². The zero-order chi connectivity index (χ0) is 14.1. The monoisotopic (exact) mass is 285 g/mol. The first-order valence-electron chi connectivity index (χ1n) is 9.06. The van der Waals surface area contributed by atoms with Crippen molar-refractivity contribution in [3.63, 3.8) is 0 Å². The van der Waals surface area contributed by atoms with Gasteiger partial charge in [0, 0.05) is 23.2 Å². The fourth-order valence-corrected chi connectivity index (χ4v) is 4.36. The van der Waals surface area contributed by atoms with Crippen molar-refractivity contribution in [3.05, 3.63) is 17.1 Å². The Balaban J connectivity index is 1.66. The number of anilines is 1. The minimum Gasteiger partial charge on any atom is -0.367 e. The molecule has 3 aliphatic carbocycles. The highest BCUT2D eigenvalue weighted by Gasteiger charge is 2.25. The molecule has 1 aromatic rings. The molecule has 21 heavy (non-hydrogen) atoms. The lowest BCUT2D eigenvalue weighted by Crippen LogP contribution is -2.21. The van der Waals surface area contributed by atoms with Crippen LogP contribution in [0.25, 0.3) is 0 Å². The molecule has 0 unspecified atom stereocenters. The highest BCUT2D eigenvalue weighted by molar-refractivity contribution is 5.49. The van der Waals surface area contributed by atoms with Crippen molar-refractivity contribution in [1.29, 1.82) is 0 Å². The summed E-state index contributed by atoms with van der Waals surface area (Å²) in [7, 11) is 0. The molecule has 1 aromatic heterocycles. The molecule has 2 fully saturated rings. The van der Waals surface area contributed by atoms with Gasteiger partial charge in [-0.15, -0.1) is 0 Å². The Bertz CT molecular complexity index is 499. The summed E-state index contributed by atoms with van der Waals surface area (Å²) in [5.74, 6) is 2.98. The lowest BCUT2D eigenvalue weighted by atomic mass is 9.95. The molecule has 0 aliphatic heterocycles. The molecule has 0 radical (unpaired) electrons. The van der Waals surface area contributed by atoms with Crippen molar-refractivity contribution in [3.8, 4) is 0 Å². The first-order chi connectivity index (χ1) is 10.4. The summed E-state index contributed by atoms with van der Waals surface area (Å²) in [5, 5.41) is 3.78. The van der Waals surface area contributed by atoms with Crippen molar-refractivity contribution in [1.82, 2.24) is 9.97 Å². The Hall–Kier alpha value is -1.12. The second-order valence-electron chi connectivity index (χ2n) is 7.17. The molecule has 3 heteroatoms. The average Bonchev–Trinajstić information content (AvgIpc) is 3.20. The predicted octanol–water partition coefficient (Wildman–Crippen LogP) is 4.37. The fraction of sp³-hybridized carbons (Fsp3) is 0.778. The molecule has 0 amide bonds. The number of hydrogen-bond acceptors (Lipinski definition) is 3. The van der Waals surface area contributed by atoms with Crippen LogP contribution in [0.3, 0.4) is 0 Å². The van der Waals surface area contributed by atoms with E-state index in [1.807, 2.05) is 0 Å². The molecule has 114 valence electrons. The normalized spacial score (nSPS) is 23.4. The molecule has 3 aliphatic rings. The van der Waals surface area contributed by atoms with Crippen LogP contribution in [0.2, 0.25) is 0 Å². The van der Waals surface area contributed by atoms with Crippen molar-refractivity contribution in [2.24, 2.45) is 0 Å². The Kier molecular flexibility index (Phi) is 3.83. The highest BCUT2D eigenvalue weighted by atomic mass is 15.1. The summed E-state index contributed by atoms with van der Waals surface area (Å²) in [6, 6.07) is 0.655. The van der Waals surface area contributed by atoms with Crippen LogP contribution in [0.4, 0.5) is 5.82 Å². The molecule has 1 N–H and O–H groups in total. The van der Waals surface area contributed by atoms with Gasteiger partial charge in [0.1, 0.15) is 11.6 Å². The van der Waals surface area contributed by atoms with Gasteiger partial charge in [0.15, 0.2) is 0 Å². The summed E-state index contributed by atoms with van der Waals surface area (Å²) in [4.78, 5) is 9.99. The van der Waals surface area contributed by atoms with Gasteiger partial charge < -0.3 is 5.32 Å². The van der Waals surface area contributed by atoms with E-state index in [-0.39, 0.29) is 0 Å². The zero-order valence-corrected chi connectivity index (χ0v) is 13.0. The summed E-state index contributed by atoms with van der Waals surface area (Å²) in [6.07, 6.45) is 15.6. The first-order valence-corrected chi connectivity index (χ1v) is 9.06. The van der Waals surface area contributed by atoms with E-state index < -0.39 is 0 Å². The van der Waals surface area contributed by atoms with Crippen molar-refractivity contribution in [2.75, 3.05) is 5.32 Å². The van der Waals surface area contributed by atoms with E-state index in [1.54, 1.807) is 0 Å². The third-order valence-electron chi connectivity index (χ3n) is 5.62. The first kappa shape index (κ1) is 13.5. The predicted molar refractivity (Wildman–Crippen MR) is 85.8 cm³/mol. The third-order valence-corrected chi connectivity index (χ3v) is 5.62. The van der Waals surface area contributed by atoms with Crippen molar-refractivity contribution in [2.45, 2.75) is 89.0 Å². The van der Waals surface area contributed by atoms with Gasteiger partial charge in [-0.3, -0.25) is 0 Å². The maximum atomic E-state index is 5.01. The molecule has 3 nitrogen and oxygen atoms in total. The van der Waals surface area contributed by atoms with Crippen LogP contribution in [0.15, 0.2) is 0 Å². The Morgan fingerprint density at radius 2 is 1.48 bits per heavy atom. The number of aryl methyl sites for hydroxylation is 1. The summed E-state index contributed by atoms with van der Waals surface area (Å²) < 4.78 is 0. The Labute approximate surface area is 128 Å². The number of rotatable bonds is 3. The quantitative estimate of drug-likeness (QED) is 0.896. The Morgan fingerprint density at radius 3 is 2.29 bits per heavy atom. The molecule has 4 rings (SSSR count). The fourth-order valence-electron chi connectivity index (χ4n) is 4.36. The van der Waals surface area contributed by atoms with Crippen LogP contribution in [0.5, 0.6) is 0 Å². The average molecular weight is 285 g/mol. The standard InChI is InChI=1S/C18H27N3/c1-2-8-13(7-1)17-20-16-12-6-5-11-15(16)18(21-17)19-14-9-3-4-10-14/h13-14H,1-12H2,(H,19,20,21). The lowest BCUT2D eigenvalue weighted by molar-refractivity contribution is 0.617. The summed E-state index contributed by atoms with van der Waals surface area (Å²) in [6.45, 7) is 0. The van der Waals surface area contributed by atoms with E-state index >= 15 is 0 Å². The lowest BCUT2D eigenvalue weighted by Gasteiger charge is -2.23. The molecule has 0 atom stereocenters. The van der Waals surface area contributed by atoms with Crippen LogP contribution in [0, 0.1) is 0 Å². The molecule has 0 bridgehead atoms. The second kappa shape index (κ2) is 5.94. The zero-order valence-electron chi connectivity index (χ0n) is 13.0. The molecular formula is C18H27N3. The highest BCUT2D eigenvalue weighted by Crippen LogP contribution is 2.35. The maximum absolute atomic E-state index is 5.01. The van der Waals surface area contributed by atoms with E-state index in [0.717, 1.165) is 12.2 Å². The van der Waals surface area contributed by atoms with Gasteiger partial charge in [-0.25, -0.2) is 9.97 Å². The van der Waals surface area contributed by atoms with Crippen molar-refractivity contribution >= 4 is 5.82 Å². The molecule has 2 saturated carbocycles. The molecule has 0 spiro atoms. The molecule has 0 aromatic carbocycles. The minimum atomic E-state index is 0.626.